The largest absolute Gasteiger partial charge is 0.406 e. The molecule has 92 valence electrons. The predicted molar refractivity (Wildman–Crippen MR) is 74.4 cm³/mol. The molecular formula is C14H22BNO. The van der Waals surface area contributed by atoms with Crippen LogP contribution in [0.2, 0.25) is 0 Å². The molecule has 0 bridgehead atoms. The van der Waals surface area contributed by atoms with E-state index >= 15 is 0 Å². The molecule has 3 heteroatoms. The van der Waals surface area contributed by atoms with Crippen LogP contribution in [-0.4, -0.2) is 13.9 Å². The van der Waals surface area contributed by atoms with Gasteiger partial charge in [0.1, 0.15) is 0 Å². The zero-order valence-electron chi connectivity index (χ0n) is 11.3. The first kappa shape index (κ1) is 13.8. The lowest BCUT2D eigenvalue weighted by Crippen LogP contribution is -2.36. The Bertz CT molecular complexity index is 362. The molecule has 2 nitrogen and oxygen atoms in total. The Balaban J connectivity index is 2.58. The summed E-state index contributed by atoms with van der Waals surface area (Å²) in [5.74, 6) is 0.166. The van der Waals surface area contributed by atoms with Crippen molar-refractivity contribution >= 4 is 13.9 Å². The van der Waals surface area contributed by atoms with Gasteiger partial charge >= 0.3 is 0 Å². The van der Waals surface area contributed by atoms with Crippen molar-refractivity contribution in [3.8, 4) is 0 Å². The zero-order valence-corrected chi connectivity index (χ0v) is 11.3. The van der Waals surface area contributed by atoms with Gasteiger partial charge in [-0.05, 0) is 23.8 Å². The Morgan fingerprint density at radius 2 is 1.94 bits per heavy atom. The topological polar surface area (TPSA) is 29.1 Å². The summed E-state index contributed by atoms with van der Waals surface area (Å²) in [5, 5.41) is 2.73. The number of rotatable bonds is 5. The third kappa shape index (κ3) is 3.92. The van der Waals surface area contributed by atoms with E-state index in [2.05, 4.69) is 43.3 Å². The first-order valence-corrected chi connectivity index (χ1v) is 6.23. The van der Waals surface area contributed by atoms with Crippen LogP contribution in [0.15, 0.2) is 30.3 Å². The molecular weight excluding hydrogens is 209 g/mol. The minimum Gasteiger partial charge on any atom is -0.406 e. The Morgan fingerprint density at radius 1 is 1.35 bits per heavy atom. The van der Waals surface area contributed by atoms with Gasteiger partial charge in [-0.25, -0.2) is 0 Å². The Hall–Kier alpha value is -1.25. The van der Waals surface area contributed by atoms with E-state index in [1.54, 1.807) is 7.98 Å². The summed E-state index contributed by atoms with van der Waals surface area (Å²) in [7, 11) is 1.70. The third-order valence-electron chi connectivity index (χ3n) is 3.71. The molecule has 0 fully saturated rings. The molecule has 1 N–H and O–H groups in total. The predicted octanol–water partition coefficient (Wildman–Crippen LogP) is 1.95. The van der Waals surface area contributed by atoms with Crippen LogP contribution in [-0.2, 0) is 11.2 Å². The summed E-state index contributed by atoms with van der Waals surface area (Å²) < 4.78 is 0. The van der Waals surface area contributed by atoms with Crippen LogP contribution in [0.5, 0.6) is 0 Å². The van der Waals surface area contributed by atoms with Crippen molar-refractivity contribution in [1.82, 2.24) is 5.23 Å². The fourth-order valence-electron chi connectivity index (χ4n) is 1.90. The quantitative estimate of drug-likeness (QED) is 0.771. The molecule has 0 aliphatic carbocycles. The molecule has 1 atom stereocenters. The van der Waals surface area contributed by atoms with Crippen LogP contribution >= 0.6 is 0 Å². The van der Waals surface area contributed by atoms with E-state index in [4.69, 9.17) is 0 Å². The first-order chi connectivity index (χ1) is 7.97. The van der Waals surface area contributed by atoms with Crippen molar-refractivity contribution in [3.63, 3.8) is 0 Å². The fourth-order valence-corrected chi connectivity index (χ4v) is 1.90. The number of carbonyl (C=O) groups is 1. The highest BCUT2D eigenvalue weighted by molar-refractivity contribution is 6.14. The molecule has 1 aromatic carbocycles. The third-order valence-corrected chi connectivity index (χ3v) is 3.71. The van der Waals surface area contributed by atoms with Crippen molar-refractivity contribution in [2.24, 2.45) is 11.3 Å². The number of nitrogens with one attached hydrogen (secondary N) is 1. The molecule has 1 rings (SSSR count). The van der Waals surface area contributed by atoms with Gasteiger partial charge in [0.2, 0.25) is 13.9 Å². The summed E-state index contributed by atoms with van der Waals surface area (Å²) >= 11 is 0. The SMILES string of the molecule is BNC(=O)C(C)C(C)(C)CCc1ccccc1. The molecule has 0 aliphatic rings. The van der Waals surface area contributed by atoms with Gasteiger partial charge in [-0.15, -0.1) is 0 Å². The highest BCUT2D eigenvalue weighted by Crippen LogP contribution is 2.32. The van der Waals surface area contributed by atoms with Crippen LogP contribution in [0.25, 0.3) is 0 Å². The highest BCUT2D eigenvalue weighted by Gasteiger charge is 2.30. The minimum absolute atomic E-state index is 0.0237. The highest BCUT2D eigenvalue weighted by atomic mass is 16.1. The average Bonchev–Trinajstić information content (AvgIpc) is 2.36. The monoisotopic (exact) mass is 231 g/mol. The maximum Gasteiger partial charge on any atom is 0.217 e. The molecule has 1 amide bonds. The maximum absolute atomic E-state index is 11.7. The Labute approximate surface area is 105 Å². The molecule has 0 aliphatic heterocycles. The van der Waals surface area contributed by atoms with Crippen molar-refractivity contribution in [2.45, 2.75) is 33.6 Å². The Morgan fingerprint density at radius 3 is 2.47 bits per heavy atom. The number of hydrogen-bond donors (Lipinski definition) is 1. The number of aryl methyl sites for hydroxylation is 1. The van der Waals surface area contributed by atoms with Gasteiger partial charge in [-0.2, -0.15) is 0 Å². The molecule has 0 heterocycles. The average molecular weight is 231 g/mol. The Kier molecular flexibility index (Phi) is 4.79. The van der Waals surface area contributed by atoms with Crippen molar-refractivity contribution < 1.29 is 4.79 Å². The molecule has 0 saturated carbocycles. The van der Waals surface area contributed by atoms with Gasteiger partial charge in [-0.3, -0.25) is 4.79 Å². The van der Waals surface area contributed by atoms with E-state index in [0.29, 0.717) is 0 Å². The van der Waals surface area contributed by atoms with E-state index < -0.39 is 0 Å². The summed E-state index contributed by atoms with van der Waals surface area (Å²) in [5.41, 5.74) is 1.36. The second kappa shape index (κ2) is 5.90. The van der Waals surface area contributed by atoms with E-state index in [0.717, 1.165) is 12.8 Å². The molecule has 0 aromatic heterocycles. The molecule has 17 heavy (non-hydrogen) atoms. The molecule has 1 unspecified atom stereocenters. The van der Waals surface area contributed by atoms with Gasteiger partial charge in [-0.1, -0.05) is 51.1 Å². The number of carbonyl (C=O) groups excluding carboxylic acids is 1. The molecule has 0 saturated heterocycles. The second-order valence-electron chi connectivity index (χ2n) is 5.31. The van der Waals surface area contributed by atoms with Gasteiger partial charge < -0.3 is 5.23 Å². The molecule has 0 spiro atoms. The lowest BCUT2D eigenvalue weighted by molar-refractivity contribution is -0.126. The number of amides is 1. The van der Waals surface area contributed by atoms with E-state index in [1.807, 2.05) is 13.0 Å². The van der Waals surface area contributed by atoms with Crippen LogP contribution in [0.1, 0.15) is 32.8 Å². The maximum atomic E-state index is 11.7. The van der Waals surface area contributed by atoms with Crippen LogP contribution < -0.4 is 5.23 Å². The van der Waals surface area contributed by atoms with E-state index in [1.165, 1.54) is 5.56 Å². The summed E-state index contributed by atoms with van der Waals surface area (Å²) in [4.78, 5) is 11.7. The summed E-state index contributed by atoms with van der Waals surface area (Å²) in [6.07, 6.45) is 2.04. The van der Waals surface area contributed by atoms with Crippen molar-refractivity contribution in [1.29, 1.82) is 0 Å². The zero-order chi connectivity index (χ0) is 12.9. The van der Waals surface area contributed by atoms with Crippen molar-refractivity contribution in [2.75, 3.05) is 0 Å². The second-order valence-corrected chi connectivity index (χ2v) is 5.31. The molecule has 0 radical (unpaired) electrons. The van der Waals surface area contributed by atoms with Crippen LogP contribution in [0.3, 0.4) is 0 Å². The smallest absolute Gasteiger partial charge is 0.217 e. The van der Waals surface area contributed by atoms with Gasteiger partial charge in [0.15, 0.2) is 0 Å². The fraction of sp³-hybridized carbons (Fsp3) is 0.500. The van der Waals surface area contributed by atoms with Crippen molar-refractivity contribution in [3.05, 3.63) is 35.9 Å². The summed E-state index contributed by atoms with van der Waals surface area (Å²) in [6.45, 7) is 6.33. The number of benzene rings is 1. The summed E-state index contributed by atoms with van der Waals surface area (Å²) in [6, 6.07) is 10.4. The number of hydrogen-bond acceptors (Lipinski definition) is 1. The minimum atomic E-state index is 0.0237. The lowest BCUT2D eigenvalue weighted by atomic mass is 9.75. The van der Waals surface area contributed by atoms with Crippen LogP contribution in [0, 0.1) is 11.3 Å². The standard InChI is InChI=1S/C14H22BNO/c1-11(13(17)16-15)14(2,3)10-9-12-7-5-4-6-8-12/h4-8,11H,9-10,15H2,1-3H3,(H,16,17). The van der Waals surface area contributed by atoms with Crippen LogP contribution in [0.4, 0.5) is 0 Å². The van der Waals surface area contributed by atoms with E-state index in [-0.39, 0.29) is 17.2 Å². The van der Waals surface area contributed by atoms with Gasteiger partial charge in [0, 0.05) is 5.92 Å². The first-order valence-electron chi connectivity index (χ1n) is 6.23. The van der Waals surface area contributed by atoms with E-state index in [9.17, 15) is 4.79 Å². The lowest BCUT2D eigenvalue weighted by Gasteiger charge is -2.30. The van der Waals surface area contributed by atoms with Gasteiger partial charge in [0.05, 0.1) is 0 Å². The molecule has 1 aromatic rings. The van der Waals surface area contributed by atoms with Gasteiger partial charge in [0.25, 0.3) is 0 Å². The normalized spacial score (nSPS) is 13.1.